The van der Waals surface area contributed by atoms with Crippen LogP contribution in [-0.4, -0.2) is 18.9 Å². The van der Waals surface area contributed by atoms with Crippen molar-refractivity contribution in [2.45, 2.75) is 19.4 Å². The van der Waals surface area contributed by atoms with E-state index in [2.05, 4.69) is 26.6 Å². The number of nitrogens with one attached hydrogen (secondary N) is 2. The number of rotatable bonds is 2. The molecule has 0 fully saturated rings. The van der Waals surface area contributed by atoms with Crippen LogP contribution in [0.1, 0.15) is 24.9 Å². The van der Waals surface area contributed by atoms with Crippen molar-refractivity contribution in [2.24, 2.45) is 11.8 Å². The lowest BCUT2D eigenvalue weighted by Gasteiger charge is -2.32. The molecule has 0 aromatic heterocycles. The number of halogens is 1. The van der Waals surface area contributed by atoms with Crippen molar-refractivity contribution >= 4 is 39.1 Å². The van der Waals surface area contributed by atoms with E-state index in [1.807, 2.05) is 55.5 Å². The lowest BCUT2D eigenvalue weighted by Crippen LogP contribution is -2.39. The Kier molecular flexibility index (Phi) is 4.98. The molecule has 3 atom stereocenters. The number of allylic oxidation sites excluding steroid dienone is 1. The Morgan fingerprint density at radius 3 is 2.61 bits per heavy atom. The van der Waals surface area contributed by atoms with E-state index in [4.69, 9.17) is 4.74 Å². The molecule has 144 valence electrons. The minimum Gasteiger partial charge on any atom is -0.468 e. The van der Waals surface area contributed by atoms with Crippen LogP contribution in [0.2, 0.25) is 0 Å². The van der Waals surface area contributed by atoms with Crippen LogP contribution in [0.4, 0.5) is 11.4 Å². The van der Waals surface area contributed by atoms with E-state index >= 15 is 0 Å². The van der Waals surface area contributed by atoms with Crippen molar-refractivity contribution in [2.75, 3.05) is 17.7 Å². The standard InChI is InChI=1S/C22H21BrN2O3/c1-12-10-17-19(21(26)18(12)22(27)28-2)20(13-6-5-7-14(23)11-13)25-16-9-4-3-8-15(16)24-17/h3-9,11-12,18,20,24-25H,10H2,1-2H3. The van der Waals surface area contributed by atoms with Crippen LogP contribution in [0, 0.1) is 11.8 Å². The molecule has 5 nitrogen and oxygen atoms in total. The number of hydrogen-bond donors (Lipinski definition) is 2. The monoisotopic (exact) mass is 440 g/mol. The third kappa shape index (κ3) is 3.22. The van der Waals surface area contributed by atoms with Gasteiger partial charge in [-0.3, -0.25) is 9.59 Å². The molecule has 0 bridgehead atoms. The van der Waals surface area contributed by atoms with Gasteiger partial charge in [-0.2, -0.15) is 0 Å². The van der Waals surface area contributed by atoms with Gasteiger partial charge in [0.05, 0.1) is 24.5 Å². The van der Waals surface area contributed by atoms with E-state index in [-0.39, 0.29) is 17.7 Å². The lowest BCUT2D eigenvalue weighted by atomic mass is 9.75. The normalized spacial score (nSPS) is 23.7. The average Bonchev–Trinajstić information content (AvgIpc) is 2.84. The molecule has 2 aromatic carbocycles. The Balaban J connectivity index is 1.88. The van der Waals surface area contributed by atoms with E-state index < -0.39 is 11.9 Å². The fourth-order valence-corrected chi connectivity index (χ4v) is 4.49. The maximum Gasteiger partial charge on any atom is 0.316 e. The van der Waals surface area contributed by atoms with Crippen molar-refractivity contribution in [3.63, 3.8) is 0 Å². The Bertz CT molecular complexity index is 985. The molecule has 6 heteroatoms. The van der Waals surface area contributed by atoms with Crippen molar-refractivity contribution < 1.29 is 14.3 Å². The van der Waals surface area contributed by atoms with Gasteiger partial charge in [-0.25, -0.2) is 0 Å². The zero-order valence-electron chi connectivity index (χ0n) is 15.7. The van der Waals surface area contributed by atoms with Crippen molar-refractivity contribution in [1.82, 2.24) is 0 Å². The summed E-state index contributed by atoms with van der Waals surface area (Å²) < 4.78 is 5.86. The molecule has 2 N–H and O–H groups in total. The number of carbonyl (C=O) groups is 2. The van der Waals surface area contributed by atoms with Crippen LogP contribution in [0.3, 0.4) is 0 Å². The molecule has 1 aliphatic carbocycles. The van der Waals surface area contributed by atoms with Crippen LogP contribution >= 0.6 is 15.9 Å². The minimum atomic E-state index is -0.789. The van der Waals surface area contributed by atoms with Crippen molar-refractivity contribution in [3.8, 4) is 0 Å². The zero-order valence-corrected chi connectivity index (χ0v) is 17.2. The molecule has 4 rings (SSSR count). The second-order valence-corrected chi connectivity index (χ2v) is 8.16. The molecule has 1 heterocycles. The van der Waals surface area contributed by atoms with Crippen LogP contribution in [0.15, 0.2) is 64.3 Å². The summed E-state index contributed by atoms with van der Waals surface area (Å²) in [4.78, 5) is 25.8. The number of benzene rings is 2. The summed E-state index contributed by atoms with van der Waals surface area (Å²) in [5.41, 5.74) is 4.25. The Morgan fingerprint density at radius 1 is 1.14 bits per heavy atom. The van der Waals surface area contributed by atoms with E-state index in [9.17, 15) is 9.59 Å². The zero-order chi connectivity index (χ0) is 19.8. The van der Waals surface area contributed by atoms with E-state index in [1.54, 1.807) is 0 Å². The predicted molar refractivity (Wildman–Crippen MR) is 112 cm³/mol. The SMILES string of the molecule is COC(=O)C1C(=O)C2=C(CC1C)Nc1ccccc1NC2c1cccc(Br)c1. The number of carbonyl (C=O) groups excluding carboxylic acids is 2. The second kappa shape index (κ2) is 7.43. The largest absolute Gasteiger partial charge is 0.468 e. The molecule has 0 saturated heterocycles. The number of Topliss-reactive ketones (excluding diaryl/α,β-unsaturated/α-hetero) is 1. The molecule has 28 heavy (non-hydrogen) atoms. The van der Waals surface area contributed by atoms with Crippen LogP contribution in [0.25, 0.3) is 0 Å². The van der Waals surface area contributed by atoms with Crippen molar-refractivity contribution in [1.29, 1.82) is 0 Å². The van der Waals surface area contributed by atoms with Gasteiger partial charge in [0, 0.05) is 15.7 Å². The summed E-state index contributed by atoms with van der Waals surface area (Å²) in [5.74, 6) is -1.58. The number of ketones is 1. The number of para-hydroxylation sites is 2. The first kappa shape index (κ1) is 18.7. The fourth-order valence-electron chi connectivity index (χ4n) is 4.07. The topological polar surface area (TPSA) is 67.4 Å². The second-order valence-electron chi connectivity index (χ2n) is 7.24. The van der Waals surface area contributed by atoms with Crippen LogP contribution in [-0.2, 0) is 14.3 Å². The molecule has 1 aliphatic heterocycles. The maximum atomic E-state index is 13.5. The Morgan fingerprint density at radius 2 is 1.89 bits per heavy atom. The van der Waals surface area contributed by atoms with Gasteiger partial charge in [0.1, 0.15) is 5.92 Å². The van der Waals surface area contributed by atoms with Crippen LogP contribution in [0.5, 0.6) is 0 Å². The van der Waals surface area contributed by atoms with Crippen LogP contribution < -0.4 is 10.6 Å². The number of fused-ring (bicyclic) bond motifs is 1. The first-order valence-electron chi connectivity index (χ1n) is 9.22. The number of esters is 1. The maximum absolute atomic E-state index is 13.5. The summed E-state index contributed by atoms with van der Waals surface area (Å²) in [6, 6.07) is 15.4. The lowest BCUT2D eigenvalue weighted by molar-refractivity contribution is -0.151. The Hall–Kier alpha value is -2.60. The van der Waals surface area contributed by atoms with Gasteiger partial charge in [0.15, 0.2) is 5.78 Å². The molecule has 2 aliphatic rings. The number of methoxy groups -OCH3 is 1. The average molecular weight is 441 g/mol. The fraction of sp³-hybridized carbons (Fsp3) is 0.273. The highest BCUT2D eigenvalue weighted by atomic mass is 79.9. The van der Waals surface area contributed by atoms with Gasteiger partial charge in [0.25, 0.3) is 0 Å². The van der Waals surface area contributed by atoms with Gasteiger partial charge in [0.2, 0.25) is 0 Å². The number of hydrogen-bond acceptors (Lipinski definition) is 5. The molecule has 0 saturated carbocycles. The van der Waals surface area contributed by atoms with Gasteiger partial charge in [-0.15, -0.1) is 0 Å². The summed E-state index contributed by atoms with van der Waals surface area (Å²) in [6.45, 7) is 1.92. The Labute approximate surface area is 172 Å². The van der Waals surface area contributed by atoms with Crippen molar-refractivity contribution in [3.05, 3.63) is 69.8 Å². The summed E-state index contributed by atoms with van der Waals surface area (Å²) >= 11 is 3.52. The molecular weight excluding hydrogens is 420 g/mol. The predicted octanol–water partition coefficient (Wildman–Crippen LogP) is 4.68. The van der Waals surface area contributed by atoms with E-state index in [1.165, 1.54) is 7.11 Å². The number of anilines is 2. The van der Waals surface area contributed by atoms with E-state index in [0.29, 0.717) is 12.0 Å². The summed E-state index contributed by atoms with van der Waals surface area (Å²) in [5, 5.41) is 6.96. The highest BCUT2D eigenvalue weighted by Gasteiger charge is 2.44. The number of ether oxygens (including phenoxy) is 1. The van der Waals surface area contributed by atoms with Gasteiger partial charge >= 0.3 is 5.97 Å². The molecule has 2 aromatic rings. The molecule has 0 amide bonds. The first-order valence-corrected chi connectivity index (χ1v) is 10.0. The quantitative estimate of drug-likeness (QED) is 0.524. The molecule has 3 unspecified atom stereocenters. The highest BCUT2D eigenvalue weighted by molar-refractivity contribution is 9.10. The van der Waals surface area contributed by atoms with E-state index in [0.717, 1.165) is 27.1 Å². The van der Waals surface area contributed by atoms with Gasteiger partial charge in [-0.05, 0) is 42.2 Å². The highest BCUT2D eigenvalue weighted by Crippen LogP contribution is 2.43. The first-order chi connectivity index (χ1) is 13.5. The third-order valence-electron chi connectivity index (χ3n) is 5.41. The third-order valence-corrected chi connectivity index (χ3v) is 5.90. The molecular formula is C22H21BrN2O3. The summed E-state index contributed by atoms with van der Waals surface area (Å²) in [7, 11) is 1.33. The van der Waals surface area contributed by atoms with Gasteiger partial charge < -0.3 is 15.4 Å². The van der Waals surface area contributed by atoms with Gasteiger partial charge in [-0.1, -0.05) is 47.1 Å². The molecule has 0 spiro atoms. The minimum absolute atomic E-state index is 0.139. The summed E-state index contributed by atoms with van der Waals surface area (Å²) in [6.07, 6.45) is 0.599. The smallest absolute Gasteiger partial charge is 0.316 e. The molecule has 0 radical (unpaired) electrons.